The smallest absolute Gasteiger partial charge is 0.387 e. The zero-order valence-corrected chi connectivity index (χ0v) is 18.4. The van der Waals surface area contributed by atoms with E-state index in [1.165, 1.54) is 17.2 Å². The number of hydrogen-bond donors (Lipinski definition) is 3. The van der Waals surface area contributed by atoms with Gasteiger partial charge in [0.1, 0.15) is 18.3 Å². The quantitative estimate of drug-likeness (QED) is 0.313. The lowest BCUT2D eigenvalue weighted by molar-refractivity contribution is -0.0527. The molecular weight excluding hydrogens is 431 g/mol. The van der Waals surface area contributed by atoms with Crippen LogP contribution in [-0.2, 0) is 22.9 Å². The largest absolute Gasteiger partial charge is 0.474 e. The first-order valence-corrected chi connectivity index (χ1v) is 11.8. The lowest BCUT2D eigenvalue weighted by Gasteiger charge is -2.21. The summed E-state index contributed by atoms with van der Waals surface area (Å²) in [4.78, 5) is 22.3. The summed E-state index contributed by atoms with van der Waals surface area (Å²) in [6.45, 7) is 4.03. The van der Waals surface area contributed by atoms with Gasteiger partial charge in [0.2, 0.25) is 0 Å². The van der Waals surface area contributed by atoms with Crippen LogP contribution in [0.5, 0.6) is 0 Å². The Hall–Kier alpha value is -1.66. The maximum Gasteiger partial charge on any atom is 0.474 e. The molecule has 2 aromatic heterocycles. The number of aliphatic hydroxyl groups is 2. The van der Waals surface area contributed by atoms with Crippen LogP contribution in [0.3, 0.4) is 0 Å². The van der Waals surface area contributed by atoms with E-state index >= 15 is 0 Å². The summed E-state index contributed by atoms with van der Waals surface area (Å²) >= 11 is 0. The van der Waals surface area contributed by atoms with Crippen molar-refractivity contribution in [2.75, 3.05) is 19.8 Å². The second kappa shape index (κ2) is 10.8. The number of fused-ring (bicyclic) bond motifs is 1. The van der Waals surface area contributed by atoms with E-state index in [1.54, 1.807) is 0 Å². The summed E-state index contributed by atoms with van der Waals surface area (Å²) in [5.74, 6) is 0. The average molecular weight is 460 g/mol. The highest BCUT2D eigenvalue weighted by Crippen LogP contribution is 2.50. The van der Waals surface area contributed by atoms with Crippen LogP contribution in [-0.4, -0.2) is 67.9 Å². The maximum atomic E-state index is 12.9. The summed E-state index contributed by atoms with van der Waals surface area (Å²) in [7, 11) is -3.85. The first-order chi connectivity index (χ1) is 14.9. The highest BCUT2D eigenvalue weighted by Gasteiger charge is 2.45. The third-order valence-electron chi connectivity index (χ3n) is 4.87. The summed E-state index contributed by atoms with van der Waals surface area (Å²) in [5.41, 5.74) is -0.172. The van der Waals surface area contributed by atoms with Gasteiger partial charge in [0.05, 0.1) is 32.5 Å². The van der Waals surface area contributed by atoms with E-state index in [2.05, 4.69) is 15.0 Å². The number of unbranched alkanes of at least 4 members (excludes halogenated alkanes) is 2. The number of hydrogen-bond acceptors (Lipinski definition) is 10. The number of imidazole rings is 1. The molecule has 3 N–H and O–H groups in total. The number of phosphoric acid groups is 1. The minimum absolute atomic E-state index is 0.0747. The van der Waals surface area contributed by atoms with Crippen molar-refractivity contribution in [2.45, 2.75) is 64.1 Å². The molecule has 174 valence electrons. The lowest BCUT2D eigenvalue weighted by Crippen LogP contribution is -2.33. The molecule has 1 fully saturated rings. The zero-order chi connectivity index (χ0) is 22.4. The number of ether oxygens (including phenoxy) is 1. The molecule has 13 heteroatoms. The predicted molar refractivity (Wildman–Crippen MR) is 109 cm³/mol. The predicted octanol–water partition coefficient (Wildman–Crippen LogP) is 1.50. The van der Waals surface area contributed by atoms with Crippen LogP contribution in [0.2, 0.25) is 0 Å². The van der Waals surface area contributed by atoms with E-state index < -0.39 is 37.9 Å². The van der Waals surface area contributed by atoms with Gasteiger partial charge in [-0.15, -0.1) is 0 Å². The van der Waals surface area contributed by atoms with Crippen LogP contribution in [0.25, 0.3) is 11.2 Å². The number of nitrogens with one attached hydrogen (secondary N) is 1. The molecule has 3 rings (SSSR count). The van der Waals surface area contributed by atoms with Crippen molar-refractivity contribution in [3.05, 3.63) is 23.0 Å². The first kappa shape index (κ1) is 24.0. The third kappa shape index (κ3) is 5.58. The van der Waals surface area contributed by atoms with Crippen molar-refractivity contribution in [3.63, 3.8) is 0 Å². The van der Waals surface area contributed by atoms with Crippen LogP contribution in [0.4, 0.5) is 0 Å². The molecule has 1 aliphatic heterocycles. The van der Waals surface area contributed by atoms with Crippen LogP contribution < -0.4 is 5.56 Å². The molecular formula is C18H29N4O8P. The highest BCUT2D eigenvalue weighted by molar-refractivity contribution is 7.48. The fourth-order valence-corrected chi connectivity index (χ4v) is 4.32. The normalized spacial score (nSPS) is 24.3. The molecule has 0 aromatic carbocycles. The Kier molecular flexibility index (Phi) is 8.34. The Balaban J connectivity index is 1.69. The van der Waals surface area contributed by atoms with Gasteiger partial charge in [-0.25, -0.2) is 14.5 Å². The van der Waals surface area contributed by atoms with Crippen molar-refractivity contribution in [1.82, 2.24) is 19.5 Å². The van der Waals surface area contributed by atoms with Gasteiger partial charge >= 0.3 is 7.82 Å². The van der Waals surface area contributed by atoms with E-state index in [4.69, 9.17) is 18.3 Å². The van der Waals surface area contributed by atoms with Gasteiger partial charge in [0.25, 0.3) is 5.56 Å². The number of nitrogens with zero attached hydrogens (tertiary/aromatic N) is 3. The van der Waals surface area contributed by atoms with Gasteiger partial charge < -0.3 is 19.9 Å². The summed E-state index contributed by atoms with van der Waals surface area (Å²) in [6.07, 6.45) is 0.800. The van der Waals surface area contributed by atoms with Gasteiger partial charge in [-0.3, -0.25) is 22.9 Å². The lowest BCUT2D eigenvalue weighted by atomic mass is 10.1. The van der Waals surface area contributed by atoms with Gasteiger partial charge in [0.15, 0.2) is 17.4 Å². The van der Waals surface area contributed by atoms with Gasteiger partial charge in [-0.1, -0.05) is 26.7 Å². The number of H-pyrrole nitrogens is 1. The Labute approximate surface area is 179 Å². The molecule has 0 radical (unpaired) electrons. The van der Waals surface area contributed by atoms with Crippen molar-refractivity contribution in [3.8, 4) is 0 Å². The Morgan fingerprint density at radius 1 is 1.13 bits per heavy atom. The standard InChI is InChI=1S/C18H29N4O8P/c1-3-5-7-27-31(26,28-8-6-4-2)29-9-12-14(23)15(24)18(30-12)22-11-21-13-16(22)19-10-20-17(13)25/h10-12,14-15,18,23-24H,3-9H2,1-2H3,(H,19,20,25). The molecule has 4 atom stereocenters. The highest BCUT2D eigenvalue weighted by atomic mass is 31.2. The number of aliphatic hydroxyl groups excluding tert-OH is 2. The average Bonchev–Trinajstić information content (AvgIpc) is 3.30. The van der Waals surface area contributed by atoms with E-state index in [0.29, 0.717) is 12.8 Å². The third-order valence-corrected chi connectivity index (χ3v) is 6.33. The van der Waals surface area contributed by atoms with Crippen molar-refractivity contribution < 1.29 is 33.1 Å². The van der Waals surface area contributed by atoms with Crippen molar-refractivity contribution in [2.24, 2.45) is 0 Å². The molecule has 0 spiro atoms. The molecule has 0 aliphatic carbocycles. The monoisotopic (exact) mass is 460 g/mol. The van der Waals surface area contributed by atoms with Gasteiger partial charge in [-0.05, 0) is 12.8 Å². The zero-order valence-electron chi connectivity index (χ0n) is 17.5. The van der Waals surface area contributed by atoms with Crippen LogP contribution >= 0.6 is 7.82 Å². The maximum absolute atomic E-state index is 12.9. The Morgan fingerprint density at radius 3 is 2.45 bits per heavy atom. The SMILES string of the molecule is CCCCOP(=O)(OCCCC)OCC1OC(n2cnc3c(=O)[nH]cnc32)C(O)C1O. The molecule has 1 saturated heterocycles. The fraction of sp³-hybridized carbons (Fsp3) is 0.722. The van der Waals surface area contributed by atoms with E-state index in [9.17, 15) is 19.6 Å². The molecule has 0 saturated carbocycles. The molecule has 12 nitrogen and oxygen atoms in total. The number of phosphoric ester groups is 1. The number of rotatable bonds is 12. The fourth-order valence-electron chi connectivity index (χ4n) is 3.06. The molecule has 0 amide bonds. The summed E-state index contributed by atoms with van der Waals surface area (Å²) in [6, 6.07) is 0. The molecule has 0 bridgehead atoms. The van der Waals surface area contributed by atoms with E-state index in [-0.39, 0.29) is 31.0 Å². The minimum atomic E-state index is -3.85. The molecule has 1 aliphatic rings. The van der Waals surface area contributed by atoms with Crippen molar-refractivity contribution >= 4 is 19.0 Å². The first-order valence-electron chi connectivity index (χ1n) is 10.4. The second-order valence-corrected chi connectivity index (χ2v) is 8.89. The molecule has 4 unspecified atom stereocenters. The van der Waals surface area contributed by atoms with E-state index in [1.807, 2.05) is 13.8 Å². The molecule has 31 heavy (non-hydrogen) atoms. The van der Waals surface area contributed by atoms with Crippen molar-refractivity contribution in [1.29, 1.82) is 0 Å². The van der Waals surface area contributed by atoms with Gasteiger partial charge in [0, 0.05) is 0 Å². The van der Waals surface area contributed by atoms with Crippen LogP contribution in [0.1, 0.15) is 45.8 Å². The number of aromatic amines is 1. The minimum Gasteiger partial charge on any atom is -0.387 e. The molecule has 3 heterocycles. The van der Waals surface area contributed by atoms with Crippen LogP contribution in [0.15, 0.2) is 17.4 Å². The molecule has 2 aromatic rings. The Bertz CT molecular complexity index is 936. The van der Waals surface area contributed by atoms with Crippen LogP contribution in [0, 0.1) is 0 Å². The number of aromatic nitrogens is 4. The Morgan fingerprint density at radius 2 is 1.81 bits per heavy atom. The topological polar surface area (TPSA) is 158 Å². The summed E-state index contributed by atoms with van der Waals surface area (Å²) < 4.78 is 36.1. The van der Waals surface area contributed by atoms with Gasteiger partial charge in [-0.2, -0.15) is 0 Å². The van der Waals surface area contributed by atoms with E-state index in [0.717, 1.165) is 12.8 Å². The summed E-state index contributed by atoms with van der Waals surface area (Å²) in [5, 5.41) is 20.9. The second-order valence-electron chi connectivity index (χ2n) is 7.22.